The Balaban J connectivity index is 1.42. The summed E-state index contributed by atoms with van der Waals surface area (Å²) in [5, 5.41) is 6.10. The van der Waals surface area contributed by atoms with Gasteiger partial charge in [-0.3, -0.25) is 4.79 Å². The highest BCUT2D eigenvalue weighted by Gasteiger charge is 2.42. The fourth-order valence-corrected chi connectivity index (χ4v) is 5.57. The highest BCUT2D eigenvalue weighted by atomic mass is 32.2. The first-order valence-corrected chi connectivity index (χ1v) is 11.7. The largest absolute Gasteiger partial charge is 0.451 e. The van der Waals surface area contributed by atoms with Crippen molar-refractivity contribution in [2.24, 2.45) is 0 Å². The third-order valence-corrected chi connectivity index (χ3v) is 7.90. The Morgan fingerprint density at radius 3 is 2.35 bits per heavy atom. The highest BCUT2D eigenvalue weighted by Crippen LogP contribution is 2.32. The van der Waals surface area contributed by atoms with Crippen LogP contribution in [-0.2, 0) is 27.2 Å². The molecule has 13 heteroatoms. The molecular formula is C21H19F4N5O3S. The minimum absolute atomic E-state index is 0.00581. The molecule has 0 radical (unpaired) electrons. The van der Waals surface area contributed by atoms with Crippen molar-refractivity contribution in [2.75, 3.05) is 0 Å². The number of alkyl halides is 3. The molecule has 4 rings (SSSR count). The van der Waals surface area contributed by atoms with Gasteiger partial charge >= 0.3 is 6.18 Å². The number of aryl methyl sites for hydroxylation is 1. The normalized spacial score (nSPS) is 18.4. The quantitative estimate of drug-likeness (QED) is 0.415. The first kappa shape index (κ1) is 23.8. The number of carbonyl (C=O) groups excluding carboxylic acids is 1. The Morgan fingerprint density at radius 2 is 1.79 bits per heavy atom. The van der Waals surface area contributed by atoms with Crippen molar-refractivity contribution in [3.05, 3.63) is 65.8 Å². The average Bonchev–Trinajstić information content (AvgIpc) is 3.11. The Morgan fingerprint density at radius 1 is 1.15 bits per heavy atom. The zero-order valence-corrected chi connectivity index (χ0v) is 18.6. The molecule has 0 saturated heterocycles. The maximum absolute atomic E-state index is 13.1. The van der Waals surface area contributed by atoms with Crippen LogP contribution in [0.5, 0.6) is 0 Å². The summed E-state index contributed by atoms with van der Waals surface area (Å²) in [6, 6.07) is 3.96. The fourth-order valence-electron chi connectivity index (χ4n) is 3.62. The molecule has 8 nitrogen and oxygen atoms in total. The van der Waals surface area contributed by atoms with Gasteiger partial charge in [0.1, 0.15) is 11.5 Å². The molecule has 1 aliphatic rings. The van der Waals surface area contributed by atoms with Crippen LogP contribution in [0.25, 0.3) is 5.69 Å². The summed E-state index contributed by atoms with van der Waals surface area (Å²) in [6.45, 7) is 1.63. The fraction of sp³-hybridized carbons (Fsp3) is 0.333. The second kappa shape index (κ2) is 8.78. The van der Waals surface area contributed by atoms with Crippen molar-refractivity contribution < 1.29 is 30.8 Å². The Kier molecular flexibility index (Phi) is 6.14. The summed E-state index contributed by atoms with van der Waals surface area (Å²) >= 11 is 0. The van der Waals surface area contributed by atoms with Crippen LogP contribution in [0.15, 0.2) is 47.8 Å². The monoisotopic (exact) mass is 497 g/mol. The number of hydrogen-bond donors (Lipinski definition) is 1. The van der Waals surface area contributed by atoms with Crippen LogP contribution in [-0.4, -0.2) is 45.4 Å². The van der Waals surface area contributed by atoms with Gasteiger partial charge in [0.05, 0.1) is 34.7 Å². The summed E-state index contributed by atoms with van der Waals surface area (Å²) in [6.07, 6.45) is -0.475. The first-order valence-electron chi connectivity index (χ1n) is 10.2. The van der Waals surface area contributed by atoms with Gasteiger partial charge < -0.3 is 5.32 Å². The van der Waals surface area contributed by atoms with Gasteiger partial charge in [0, 0.05) is 17.8 Å². The highest BCUT2D eigenvalue weighted by molar-refractivity contribution is 7.92. The van der Waals surface area contributed by atoms with Crippen molar-refractivity contribution in [3.8, 4) is 5.69 Å². The zero-order valence-electron chi connectivity index (χ0n) is 17.8. The van der Waals surface area contributed by atoms with E-state index in [0.29, 0.717) is 24.1 Å². The third-order valence-electron chi connectivity index (χ3n) is 5.61. The number of hydrogen-bond acceptors (Lipinski definition) is 6. The summed E-state index contributed by atoms with van der Waals surface area (Å²) in [5.74, 6) is -2.24. The minimum atomic E-state index is -4.66. The van der Waals surface area contributed by atoms with E-state index in [2.05, 4.69) is 20.4 Å². The maximum atomic E-state index is 13.1. The summed E-state index contributed by atoms with van der Waals surface area (Å²) < 4.78 is 77.9. The topological polar surface area (TPSA) is 107 Å². The minimum Gasteiger partial charge on any atom is -0.352 e. The van der Waals surface area contributed by atoms with Crippen molar-refractivity contribution in [1.82, 2.24) is 25.1 Å². The number of rotatable bonds is 6. The van der Waals surface area contributed by atoms with Gasteiger partial charge in [-0.15, -0.1) is 0 Å². The molecule has 2 atom stereocenters. The number of aromatic nitrogens is 4. The molecule has 2 aromatic heterocycles. The van der Waals surface area contributed by atoms with E-state index in [0.717, 1.165) is 24.5 Å². The predicted octanol–water partition coefficient (Wildman–Crippen LogP) is 2.79. The molecule has 1 saturated carbocycles. The molecule has 1 aromatic carbocycles. The van der Waals surface area contributed by atoms with E-state index >= 15 is 0 Å². The van der Waals surface area contributed by atoms with E-state index in [1.54, 1.807) is 6.92 Å². The smallest absolute Gasteiger partial charge is 0.352 e. The summed E-state index contributed by atoms with van der Waals surface area (Å²) in [7, 11) is -3.73. The summed E-state index contributed by atoms with van der Waals surface area (Å²) in [4.78, 5) is 19.2. The lowest BCUT2D eigenvalue weighted by atomic mass is 9.92. The number of halogens is 4. The number of benzene rings is 1. The molecule has 2 heterocycles. The van der Waals surface area contributed by atoms with Crippen LogP contribution >= 0.6 is 0 Å². The van der Waals surface area contributed by atoms with Crippen LogP contribution in [0.3, 0.4) is 0 Å². The second-order valence-corrected chi connectivity index (χ2v) is 10.1. The van der Waals surface area contributed by atoms with Gasteiger partial charge in [-0.05, 0) is 44.0 Å². The molecule has 0 spiro atoms. The van der Waals surface area contributed by atoms with Gasteiger partial charge in [-0.1, -0.05) is 0 Å². The number of nitrogens with one attached hydrogen (secondary N) is 1. The van der Waals surface area contributed by atoms with Crippen molar-refractivity contribution in [2.45, 2.75) is 48.5 Å². The Bertz CT molecular complexity index is 1310. The Labute approximate surface area is 192 Å². The lowest BCUT2D eigenvalue weighted by Crippen LogP contribution is -2.54. The van der Waals surface area contributed by atoms with Crippen LogP contribution in [0, 0.1) is 12.7 Å². The molecule has 0 aliphatic heterocycles. The third kappa shape index (κ3) is 4.79. The SMILES string of the molecule is Cc1nn(-c2cnc(C(F)(F)F)nc2)cc1CC(=O)N[C@@H]1CC[C@@H]1S(=O)(=O)c1ccc(F)cc1. The zero-order chi connectivity index (χ0) is 24.7. The number of amides is 1. The van der Waals surface area contributed by atoms with E-state index in [9.17, 15) is 30.8 Å². The average molecular weight is 497 g/mol. The van der Waals surface area contributed by atoms with E-state index in [1.165, 1.54) is 23.0 Å². The second-order valence-electron chi connectivity index (χ2n) is 7.91. The van der Waals surface area contributed by atoms with E-state index in [4.69, 9.17) is 0 Å². The van der Waals surface area contributed by atoms with E-state index < -0.39 is 44.9 Å². The lowest BCUT2D eigenvalue weighted by Gasteiger charge is -2.36. The van der Waals surface area contributed by atoms with Gasteiger partial charge in [-0.2, -0.15) is 18.3 Å². The van der Waals surface area contributed by atoms with Crippen molar-refractivity contribution >= 4 is 15.7 Å². The predicted molar refractivity (Wildman–Crippen MR) is 111 cm³/mol. The van der Waals surface area contributed by atoms with Gasteiger partial charge in [0.2, 0.25) is 11.7 Å². The van der Waals surface area contributed by atoms with Crippen LogP contribution in [0.2, 0.25) is 0 Å². The molecule has 1 fully saturated rings. The first-order chi connectivity index (χ1) is 15.9. The lowest BCUT2D eigenvalue weighted by molar-refractivity contribution is -0.145. The molecule has 3 aromatic rings. The number of carbonyl (C=O) groups is 1. The van der Waals surface area contributed by atoms with Crippen molar-refractivity contribution in [1.29, 1.82) is 0 Å². The summed E-state index contributed by atoms with van der Waals surface area (Å²) in [5.41, 5.74) is 1.17. The standard InChI is InChI=1S/C21H19F4N5O3S/c1-12-13(11-30(29-12)15-9-26-20(27-10-15)21(23,24)25)8-19(31)28-17-6-7-18(17)34(32,33)16-4-2-14(22)3-5-16/h2-5,9-11,17-18H,6-8H2,1H3,(H,28,31)/t17-,18+/m1/s1. The molecule has 0 bridgehead atoms. The molecule has 1 amide bonds. The molecule has 180 valence electrons. The van der Waals surface area contributed by atoms with Crippen LogP contribution in [0.4, 0.5) is 17.6 Å². The van der Waals surface area contributed by atoms with Crippen LogP contribution in [0.1, 0.15) is 29.9 Å². The van der Waals surface area contributed by atoms with Crippen molar-refractivity contribution in [3.63, 3.8) is 0 Å². The van der Waals surface area contributed by atoms with E-state index in [1.807, 2.05) is 0 Å². The molecule has 34 heavy (non-hydrogen) atoms. The van der Waals surface area contributed by atoms with Gasteiger partial charge in [0.15, 0.2) is 9.84 Å². The molecular weight excluding hydrogens is 478 g/mol. The van der Waals surface area contributed by atoms with Gasteiger partial charge in [-0.25, -0.2) is 27.5 Å². The Hall–Kier alpha value is -3.35. The molecule has 1 aliphatic carbocycles. The van der Waals surface area contributed by atoms with Gasteiger partial charge in [0.25, 0.3) is 0 Å². The molecule has 0 unspecified atom stereocenters. The van der Waals surface area contributed by atoms with Crippen LogP contribution < -0.4 is 5.32 Å². The number of nitrogens with zero attached hydrogens (tertiary/aromatic N) is 4. The maximum Gasteiger partial charge on any atom is 0.451 e. The van der Waals surface area contributed by atoms with E-state index in [-0.39, 0.29) is 17.0 Å². The molecule has 1 N–H and O–H groups in total. The number of sulfone groups is 1.